The van der Waals surface area contributed by atoms with Crippen molar-refractivity contribution in [1.29, 1.82) is 0 Å². The second kappa shape index (κ2) is 4.51. The molecule has 0 aromatic heterocycles. The molecule has 0 bridgehead atoms. The number of rotatable bonds is 2. The molecule has 0 saturated carbocycles. The van der Waals surface area contributed by atoms with Crippen molar-refractivity contribution >= 4 is 35.8 Å². The molecule has 72 valence electrons. The lowest BCUT2D eigenvalue weighted by molar-refractivity contribution is 0.623. The first-order chi connectivity index (χ1) is 6.06. The zero-order valence-electron chi connectivity index (χ0n) is 6.60. The van der Waals surface area contributed by atoms with Crippen LogP contribution in [0.5, 0.6) is 0 Å². The Labute approximate surface area is 91.4 Å². The first-order valence-corrected chi connectivity index (χ1v) is 4.96. The summed E-state index contributed by atoms with van der Waals surface area (Å²) in [5.74, 6) is -0.112. The lowest BCUT2D eigenvalue weighted by Gasteiger charge is -2.11. The van der Waals surface area contributed by atoms with Gasteiger partial charge in [-0.15, -0.1) is 0 Å². The lowest BCUT2D eigenvalue weighted by Crippen LogP contribution is -2.12. The Morgan fingerprint density at radius 2 is 2.00 bits per heavy atom. The van der Waals surface area contributed by atoms with Crippen LogP contribution in [0.15, 0.2) is 12.1 Å². The van der Waals surface area contributed by atoms with Gasteiger partial charge in [-0.3, -0.25) is 0 Å². The average Bonchev–Trinajstić information content (AvgIpc) is 2.10. The minimum absolute atomic E-state index is 0.000106. The smallest absolute Gasteiger partial charge is 0.142 e. The Morgan fingerprint density at radius 1 is 1.38 bits per heavy atom. The van der Waals surface area contributed by atoms with Crippen LogP contribution in [-0.4, -0.2) is 5.75 Å². The predicted octanol–water partition coefficient (Wildman–Crippen LogP) is 3.06. The molecule has 0 spiro atoms. The van der Waals surface area contributed by atoms with Crippen molar-refractivity contribution in [2.24, 2.45) is 5.73 Å². The summed E-state index contributed by atoms with van der Waals surface area (Å²) in [5.41, 5.74) is 6.17. The van der Waals surface area contributed by atoms with Crippen molar-refractivity contribution in [2.45, 2.75) is 6.04 Å². The number of halogens is 3. The summed E-state index contributed by atoms with van der Waals surface area (Å²) >= 11 is 15.3. The number of hydrogen-bond acceptors (Lipinski definition) is 2. The Bertz CT molecular complexity index is 319. The fourth-order valence-corrected chi connectivity index (χ4v) is 1.64. The Kier molecular flexibility index (Phi) is 3.86. The van der Waals surface area contributed by atoms with Crippen LogP contribution in [0, 0.1) is 5.82 Å². The molecule has 0 aliphatic rings. The molecule has 0 aliphatic carbocycles. The molecule has 0 saturated heterocycles. The van der Waals surface area contributed by atoms with E-state index in [-0.39, 0.29) is 11.1 Å². The first kappa shape index (κ1) is 11.1. The highest BCUT2D eigenvalue weighted by molar-refractivity contribution is 7.80. The molecule has 1 rings (SSSR count). The summed E-state index contributed by atoms with van der Waals surface area (Å²) < 4.78 is 13.0. The van der Waals surface area contributed by atoms with Gasteiger partial charge in [0.2, 0.25) is 0 Å². The zero-order valence-corrected chi connectivity index (χ0v) is 9.00. The van der Waals surface area contributed by atoms with E-state index >= 15 is 0 Å². The largest absolute Gasteiger partial charge is 0.323 e. The van der Waals surface area contributed by atoms with Gasteiger partial charge in [-0.1, -0.05) is 23.2 Å². The first-order valence-electron chi connectivity index (χ1n) is 3.57. The molecule has 0 heterocycles. The molecule has 0 radical (unpaired) electrons. The van der Waals surface area contributed by atoms with Crippen molar-refractivity contribution in [3.8, 4) is 0 Å². The Balaban J connectivity index is 3.15. The van der Waals surface area contributed by atoms with E-state index in [4.69, 9.17) is 28.9 Å². The molecule has 2 N–H and O–H groups in total. The summed E-state index contributed by atoms with van der Waals surface area (Å²) in [6.45, 7) is 0. The Hall–Kier alpha value is 0.0400. The van der Waals surface area contributed by atoms with E-state index in [2.05, 4.69) is 12.6 Å². The highest BCUT2D eigenvalue weighted by atomic mass is 35.5. The molecule has 1 aromatic rings. The lowest BCUT2D eigenvalue weighted by atomic mass is 10.1. The van der Waals surface area contributed by atoms with Crippen LogP contribution in [0.2, 0.25) is 10.0 Å². The minimum Gasteiger partial charge on any atom is -0.323 e. The van der Waals surface area contributed by atoms with E-state index in [1.54, 1.807) is 0 Å². The van der Waals surface area contributed by atoms with Gasteiger partial charge in [0.1, 0.15) is 5.82 Å². The van der Waals surface area contributed by atoms with Gasteiger partial charge in [0.25, 0.3) is 0 Å². The highest BCUT2D eigenvalue weighted by Crippen LogP contribution is 2.28. The third kappa shape index (κ3) is 2.50. The van der Waals surface area contributed by atoms with E-state index in [0.717, 1.165) is 0 Å². The van der Waals surface area contributed by atoms with Gasteiger partial charge >= 0.3 is 0 Å². The summed E-state index contributed by atoms with van der Waals surface area (Å²) in [7, 11) is 0. The minimum atomic E-state index is -0.515. The molecular weight excluding hydrogens is 232 g/mol. The van der Waals surface area contributed by atoms with Crippen LogP contribution >= 0.6 is 35.8 Å². The predicted molar refractivity (Wildman–Crippen MR) is 57.2 cm³/mol. The third-order valence-electron chi connectivity index (χ3n) is 1.64. The molecule has 13 heavy (non-hydrogen) atoms. The number of benzene rings is 1. The van der Waals surface area contributed by atoms with Crippen molar-refractivity contribution in [3.05, 3.63) is 33.6 Å². The van der Waals surface area contributed by atoms with Gasteiger partial charge in [-0.25, -0.2) is 4.39 Å². The van der Waals surface area contributed by atoms with Crippen LogP contribution < -0.4 is 5.73 Å². The van der Waals surface area contributed by atoms with Crippen molar-refractivity contribution < 1.29 is 4.39 Å². The number of hydrogen-bond donors (Lipinski definition) is 2. The average molecular weight is 240 g/mol. The molecule has 0 amide bonds. The SMILES string of the molecule is NC(CS)c1cc(F)c(Cl)cc1Cl. The highest BCUT2D eigenvalue weighted by Gasteiger charge is 2.12. The molecule has 0 aliphatic heterocycles. The second-order valence-corrected chi connectivity index (χ2v) is 3.76. The van der Waals surface area contributed by atoms with Crippen LogP contribution in [-0.2, 0) is 0 Å². The zero-order chi connectivity index (χ0) is 10.0. The molecule has 1 unspecified atom stereocenters. The number of thiol groups is 1. The normalized spacial score (nSPS) is 13.0. The van der Waals surface area contributed by atoms with Gasteiger partial charge in [-0.05, 0) is 17.7 Å². The molecule has 1 nitrogen and oxygen atoms in total. The van der Waals surface area contributed by atoms with Crippen LogP contribution in [0.4, 0.5) is 4.39 Å². The molecule has 1 atom stereocenters. The van der Waals surface area contributed by atoms with Crippen molar-refractivity contribution in [1.82, 2.24) is 0 Å². The quantitative estimate of drug-likeness (QED) is 0.603. The molecule has 5 heteroatoms. The van der Waals surface area contributed by atoms with Crippen molar-refractivity contribution in [2.75, 3.05) is 5.75 Å². The summed E-state index contributed by atoms with van der Waals surface area (Å²) in [5, 5.41) is 0.369. The molecule has 1 aromatic carbocycles. The number of nitrogens with two attached hydrogens (primary N) is 1. The maximum absolute atomic E-state index is 13.0. The van der Waals surface area contributed by atoms with E-state index in [0.29, 0.717) is 16.3 Å². The van der Waals surface area contributed by atoms with Crippen LogP contribution in [0.1, 0.15) is 11.6 Å². The fraction of sp³-hybridized carbons (Fsp3) is 0.250. The van der Waals surface area contributed by atoms with Gasteiger partial charge in [0, 0.05) is 16.8 Å². The van der Waals surface area contributed by atoms with E-state index in [1.165, 1.54) is 12.1 Å². The van der Waals surface area contributed by atoms with E-state index in [1.807, 2.05) is 0 Å². The fourth-order valence-electron chi connectivity index (χ4n) is 0.920. The van der Waals surface area contributed by atoms with E-state index in [9.17, 15) is 4.39 Å². The maximum Gasteiger partial charge on any atom is 0.142 e. The molecule has 0 fully saturated rings. The summed E-state index contributed by atoms with van der Waals surface area (Å²) in [6, 6.07) is 2.21. The van der Waals surface area contributed by atoms with Gasteiger partial charge < -0.3 is 5.73 Å². The maximum atomic E-state index is 13.0. The van der Waals surface area contributed by atoms with Crippen LogP contribution in [0.3, 0.4) is 0 Å². The standard InChI is InChI=1S/C8H8Cl2FNS/c9-5-2-6(10)7(11)1-4(5)8(12)3-13/h1-2,8,13H,3,12H2. The topological polar surface area (TPSA) is 26.0 Å². The van der Waals surface area contributed by atoms with Gasteiger partial charge in [0.15, 0.2) is 0 Å². The summed E-state index contributed by atoms with van der Waals surface area (Å²) in [6.07, 6.45) is 0. The Morgan fingerprint density at radius 3 is 2.54 bits per heavy atom. The second-order valence-electron chi connectivity index (χ2n) is 2.58. The van der Waals surface area contributed by atoms with Gasteiger partial charge in [0.05, 0.1) is 5.02 Å². The summed E-state index contributed by atoms with van der Waals surface area (Å²) in [4.78, 5) is 0. The van der Waals surface area contributed by atoms with Crippen LogP contribution in [0.25, 0.3) is 0 Å². The van der Waals surface area contributed by atoms with E-state index < -0.39 is 5.82 Å². The van der Waals surface area contributed by atoms with Gasteiger partial charge in [-0.2, -0.15) is 12.6 Å². The van der Waals surface area contributed by atoms with Crippen molar-refractivity contribution in [3.63, 3.8) is 0 Å². The third-order valence-corrected chi connectivity index (χ3v) is 2.65. The molecular formula is C8H8Cl2FNS. The monoisotopic (exact) mass is 239 g/mol.